The fraction of sp³-hybridized carbons (Fsp3) is 0.818. The largest absolute Gasteiger partial charge is 0.368 e. The molecule has 0 bridgehead atoms. The summed E-state index contributed by atoms with van der Waals surface area (Å²) in [6, 6.07) is -0.627. The maximum Gasteiger partial charge on any atom is 0.239 e. The molecule has 2 amide bonds. The van der Waals surface area contributed by atoms with Crippen molar-refractivity contribution in [1.29, 1.82) is 0 Å². The van der Waals surface area contributed by atoms with Crippen molar-refractivity contribution < 1.29 is 9.59 Å². The lowest BCUT2D eigenvalue weighted by Gasteiger charge is -2.35. The summed E-state index contributed by atoms with van der Waals surface area (Å²) >= 11 is 0. The van der Waals surface area contributed by atoms with Crippen molar-refractivity contribution in [3.05, 3.63) is 0 Å². The highest BCUT2D eigenvalue weighted by Gasteiger charge is 2.38. The van der Waals surface area contributed by atoms with Crippen molar-refractivity contribution in [2.75, 3.05) is 6.54 Å². The topological polar surface area (TPSA) is 98.2 Å². The van der Waals surface area contributed by atoms with Crippen LogP contribution in [0.1, 0.15) is 39.0 Å². The first-order chi connectivity index (χ1) is 7.52. The molecular formula is C11H21N3O2. The number of hydrogen-bond acceptors (Lipinski definition) is 3. The molecule has 0 aromatic carbocycles. The molecule has 0 saturated heterocycles. The van der Waals surface area contributed by atoms with Gasteiger partial charge in [-0.05, 0) is 19.8 Å². The quantitative estimate of drug-likeness (QED) is 0.624. The third-order valence-corrected chi connectivity index (χ3v) is 3.46. The Morgan fingerprint density at radius 3 is 2.31 bits per heavy atom. The van der Waals surface area contributed by atoms with Gasteiger partial charge >= 0.3 is 0 Å². The standard InChI is InChI=1S/C11H21N3O2/c1-8(9(13)15)14-10(16)11(7-12)5-3-2-4-6-11/h8H,2-7,12H2,1H3,(H2,13,15)(H,14,16). The Bertz CT molecular complexity index is 272. The van der Waals surface area contributed by atoms with E-state index in [1.807, 2.05) is 0 Å². The summed E-state index contributed by atoms with van der Waals surface area (Å²) in [6.07, 6.45) is 4.81. The number of nitrogens with two attached hydrogens (primary N) is 2. The first-order valence-electron chi connectivity index (χ1n) is 5.82. The molecule has 0 aromatic heterocycles. The first-order valence-corrected chi connectivity index (χ1v) is 5.82. The van der Waals surface area contributed by atoms with E-state index in [-0.39, 0.29) is 5.91 Å². The van der Waals surface area contributed by atoms with Crippen LogP contribution in [0.3, 0.4) is 0 Å². The number of carbonyl (C=O) groups is 2. The van der Waals surface area contributed by atoms with Gasteiger partial charge in [0.1, 0.15) is 6.04 Å². The van der Waals surface area contributed by atoms with Crippen LogP contribution in [0.2, 0.25) is 0 Å². The Labute approximate surface area is 95.9 Å². The zero-order chi connectivity index (χ0) is 12.2. The molecule has 0 heterocycles. The molecule has 5 heteroatoms. The van der Waals surface area contributed by atoms with E-state index in [2.05, 4.69) is 5.32 Å². The number of primary amides is 1. The lowest BCUT2D eigenvalue weighted by molar-refractivity contribution is -0.135. The average Bonchev–Trinajstić information content (AvgIpc) is 2.29. The molecule has 92 valence electrons. The van der Waals surface area contributed by atoms with E-state index in [9.17, 15) is 9.59 Å². The van der Waals surface area contributed by atoms with Crippen LogP contribution >= 0.6 is 0 Å². The van der Waals surface area contributed by atoms with Crippen LogP contribution in [0, 0.1) is 5.41 Å². The molecule has 16 heavy (non-hydrogen) atoms. The molecule has 0 radical (unpaired) electrons. The predicted molar refractivity (Wildman–Crippen MR) is 61.4 cm³/mol. The number of nitrogens with one attached hydrogen (secondary N) is 1. The minimum atomic E-state index is -0.627. The molecular weight excluding hydrogens is 206 g/mol. The van der Waals surface area contributed by atoms with Crippen molar-refractivity contribution in [2.24, 2.45) is 16.9 Å². The summed E-state index contributed by atoms with van der Waals surface area (Å²) in [5.41, 5.74) is 10.3. The smallest absolute Gasteiger partial charge is 0.239 e. The molecule has 1 saturated carbocycles. The molecule has 1 unspecified atom stereocenters. The van der Waals surface area contributed by atoms with Gasteiger partial charge in [0.2, 0.25) is 11.8 Å². The summed E-state index contributed by atoms with van der Waals surface area (Å²) in [6.45, 7) is 1.93. The fourth-order valence-corrected chi connectivity index (χ4v) is 2.17. The minimum Gasteiger partial charge on any atom is -0.368 e. The van der Waals surface area contributed by atoms with Gasteiger partial charge in [-0.25, -0.2) is 0 Å². The number of hydrogen-bond donors (Lipinski definition) is 3. The first kappa shape index (κ1) is 13.0. The van der Waals surface area contributed by atoms with Gasteiger partial charge in [0.05, 0.1) is 5.41 Å². The zero-order valence-corrected chi connectivity index (χ0v) is 9.79. The van der Waals surface area contributed by atoms with E-state index in [1.165, 1.54) is 0 Å². The summed E-state index contributed by atoms with van der Waals surface area (Å²) in [4.78, 5) is 23.0. The van der Waals surface area contributed by atoms with Gasteiger partial charge in [0.25, 0.3) is 0 Å². The Kier molecular flexibility index (Phi) is 4.29. The van der Waals surface area contributed by atoms with Crippen LogP contribution < -0.4 is 16.8 Å². The SMILES string of the molecule is CC(NC(=O)C1(CN)CCCCC1)C(N)=O. The molecule has 5 nitrogen and oxygen atoms in total. The lowest BCUT2D eigenvalue weighted by atomic mass is 9.73. The molecule has 1 fully saturated rings. The Morgan fingerprint density at radius 1 is 1.31 bits per heavy atom. The Hall–Kier alpha value is -1.10. The zero-order valence-electron chi connectivity index (χ0n) is 9.79. The van der Waals surface area contributed by atoms with Gasteiger partial charge < -0.3 is 16.8 Å². The predicted octanol–water partition coefficient (Wildman–Crippen LogP) is -0.114. The lowest BCUT2D eigenvalue weighted by Crippen LogP contribution is -2.52. The van der Waals surface area contributed by atoms with Crippen molar-refractivity contribution >= 4 is 11.8 Å². The van der Waals surface area contributed by atoms with Gasteiger partial charge in [-0.3, -0.25) is 9.59 Å². The molecule has 0 aliphatic heterocycles. The van der Waals surface area contributed by atoms with E-state index in [0.717, 1.165) is 32.1 Å². The van der Waals surface area contributed by atoms with Crippen LogP contribution in [0.25, 0.3) is 0 Å². The van der Waals surface area contributed by atoms with Crippen molar-refractivity contribution in [1.82, 2.24) is 5.32 Å². The van der Waals surface area contributed by atoms with E-state index in [4.69, 9.17) is 11.5 Å². The van der Waals surface area contributed by atoms with Gasteiger partial charge in [-0.1, -0.05) is 19.3 Å². The monoisotopic (exact) mass is 227 g/mol. The van der Waals surface area contributed by atoms with Crippen LogP contribution in [-0.4, -0.2) is 24.4 Å². The number of amides is 2. The highest BCUT2D eigenvalue weighted by Crippen LogP contribution is 2.35. The maximum atomic E-state index is 12.1. The van der Waals surface area contributed by atoms with Gasteiger partial charge in [0, 0.05) is 6.54 Å². The van der Waals surface area contributed by atoms with E-state index >= 15 is 0 Å². The Morgan fingerprint density at radius 2 is 1.88 bits per heavy atom. The maximum absolute atomic E-state index is 12.1. The second-order valence-corrected chi connectivity index (χ2v) is 4.64. The van der Waals surface area contributed by atoms with Crippen molar-refractivity contribution in [2.45, 2.75) is 45.1 Å². The Balaban J connectivity index is 2.65. The number of carbonyl (C=O) groups excluding carboxylic acids is 2. The van der Waals surface area contributed by atoms with Crippen LogP contribution in [0.5, 0.6) is 0 Å². The highest BCUT2D eigenvalue weighted by atomic mass is 16.2. The van der Waals surface area contributed by atoms with E-state index in [1.54, 1.807) is 6.92 Å². The van der Waals surface area contributed by atoms with Crippen LogP contribution in [0.4, 0.5) is 0 Å². The van der Waals surface area contributed by atoms with Crippen molar-refractivity contribution in [3.63, 3.8) is 0 Å². The summed E-state index contributed by atoms with van der Waals surface area (Å²) in [5.74, 6) is -0.641. The molecule has 1 rings (SSSR count). The molecule has 0 aromatic rings. The van der Waals surface area contributed by atoms with E-state index in [0.29, 0.717) is 6.54 Å². The summed E-state index contributed by atoms with van der Waals surface area (Å²) in [5, 5.41) is 2.65. The third kappa shape index (κ3) is 2.72. The molecule has 1 aliphatic rings. The summed E-state index contributed by atoms with van der Waals surface area (Å²) < 4.78 is 0. The van der Waals surface area contributed by atoms with Crippen LogP contribution in [0.15, 0.2) is 0 Å². The molecule has 1 aliphatic carbocycles. The average molecular weight is 227 g/mol. The van der Waals surface area contributed by atoms with Gasteiger partial charge in [-0.2, -0.15) is 0 Å². The molecule has 1 atom stereocenters. The highest BCUT2D eigenvalue weighted by molar-refractivity contribution is 5.89. The van der Waals surface area contributed by atoms with E-state index < -0.39 is 17.4 Å². The fourth-order valence-electron chi connectivity index (χ4n) is 2.17. The van der Waals surface area contributed by atoms with Crippen molar-refractivity contribution in [3.8, 4) is 0 Å². The van der Waals surface area contributed by atoms with Gasteiger partial charge in [-0.15, -0.1) is 0 Å². The normalized spacial score (nSPS) is 21.1. The number of rotatable bonds is 4. The van der Waals surface area contributed by atoms with Crippen LogP contribution in [-0.2, 0) is 9.59 Å². The summed E-state index contributed by atoms with van der Waals surface area (Å²) in [7, 11) is 0. The third-order valence-electron chi connectivity index (χ3n) is 3.46. The minimum absolute atomic E-state index is 0.124. The second-order valence-electron chi connectivity index (χ2n) is 4.64. The second kappa shape index (κ2) is 5.30. The molecule has 0 spiro atoms. The molecule has 5 N–H and O–H groups in total. The van der Waals surface area contributed by atoms with Gasteiger partial charge in [0.15, 0.2) is 0 Å².